The van der Waals surface area contributed by atoms with Crippen molar-refractivity contribution in [3.8, 4) is 0 Å². The number of hydrogen-bond acceptors (Lipinski definition) is 2. The predicted molar refractivity (Wildman–Crippen MR) is 106 cm³/mol. The molecule has 0 spiro atoms. The summed E-state index contributed by atoms with van der Waals surface area (Å²) in [5.74, 6) is 1.16. The van der Waals surface area contributed by atoms with Crippen molar-refractivity contribution in [1.29, 1.82) is 0 Å². The van der Waals surface area contributed by atoms with E-state index in [1.807, 2.05) is 32.9 Å². The Balaban J connectivity index is 1.73. The molecule has 0 aliphatic rings. The van der Waals surface area contributed by atoms with Crippen molar-refractivity contribution in [3.63, 3.8) is 0 Å². The van der Waals surface area contributed by atoms with Gasteiger partial charge in [-0.05, 0) is 24.1 Å². The first kappa shape index (κ1) is 18.2. The number of benzene rings is 2. The van der Waals surface area contributed by atoms with Crippen molar-refractivity contribution >= 4 is 16.9 Å². The van der Waals surface area contributed by atoms with E-state index in [9.17, 15) is 4.79 Å². The number of nitrogens with zero attached hydrogens (tertiary/aromatic N) is 2. The summed E-state index contributed by atoms with van der Waals surface area (Å²) in [5.41, 5.74) is 3.10. The molecule has 4 nitrogen and oxygen atoms in total. The Morgan fingerprint density at radius 1 is 1.04 bits per heavy atom. The highest BCUT2D eigenvalue weighted by molar-refractivity contribution is 5.81. The van der Waals surface area contributed by atoms with Gasteiger partial charge in [0, 0.05) is 24.9 Å². The maximum absolute atomic E-state index is 12.0. The van der Waals surface area contributed by atoms with Gasteiger partial charge in [0.2, 0.25) is 5.91 Å². The molecule has 0 radical (unpaired) electrons. The molecule has 0 bridgehead atoms. The van der Waals surface area contributed by atoms with Gasteiger partial charge in [-0.3, -0.25) is 4.79 Å². The van der Waals surface area contributed by atoms with Gasteiger partial charge < -0.3 is 9.88 Å². The van der Waals surface area contributed by atoms with E-state index in [4.69, 9.17) is 4.98 Å². The molecular formula is C22H27N3O. The van der Waals surface area contributed by atoms with Gasteiger partial charge >= 0.3 is 0 Å². The van der Waals surface area contributed by atoms with Gasteiger partial charge in [0.05, 0.1) is 11.0 Å². The maximum Gasteiger partial charge on any atom is 0.225 e. The van der Waals surface area contributed by atoms with E-state index >= 15 is 0 Å². The Hall–Kier alpha value is -2.62. The minimum Gasteiger partial charge on any atom is -0.356 e. The van der Waals surface area contributed by atoms with Crippen molar-refractivity contribution in [3.05, 3.63) is 66.0 Å². The van der Waals surface area contributed by atoms with Crippen LogP contribution in [0.3, 0.4) is 0 Å². The van der Waals surface area contributed by atoms with Gasteiger partial charge in [0.15, 0.2) is 0 Å². The van der Waals surface area contributed by atoms with Crippen LogP contribution in [-0.4, -0.2) is 22.0 Å². The van der Waals surface area contributed by atoms with Crippen LogP contribution in [0.4, 0.5) is 0 Å². The number of imidazole rings is 1. The SMILES string of the molecule is CC(C)(C)C(=O)NCCCc1nc2ccccc2n1Cc1ccccc1. The molecule has 0 atom stereocenters. The smallest absolute Gasteiger partial charge is 0.225 e. The number of para-hydroxylation sites is 2. The van der Waals surface area contributed by atoms with Gasteiger partial charge in [-0.1, -0.05) is 63.2 Å². The molecule has 4 heteroatoms. The second kappa shape index (κ2) is 7.73. The van der Waals surface area contributed by atoms with Gasteiger partial charge in [0.25, 0.3) is 0 Å². The van der Waals surface area contributed by atoms with Gasteiger partial charge in [0.1, 0.15) is 5.82 Å². The van der Waals surface area contributed by atoms with Crippen LogP contribution in [0.5, 0.6) is 0 Å². The minimum atomic E-state index is -0.347. The summed E-state index contributed by atoms with van der Waals surface area (Å²) in [5, 5.41) is 3.02. The highest BCUT2D eigenvalue weighted by Crippen LogP contribution is 2.19. The van der Waals surface area contributed by atoms with E-state index in [2.05, 4.69) is 52.3 Å². The second-order valence-electron chi connectivity index (χ2n) is 7.70. The van der Waals surface area contributed by atoms with Crippen molar-refractivity contribution in [2.45, 2.75) is 40.2 Å². The van der Waals surface area contributed by atoms with Crippen LogP contribution in [0.1, 0.15) is 38.6 Å². The van der Waals surface area contributed by atoms with Crippen LogP contribution >= 0.6 is 0 Å². The number of nitrogens with one attached hydrogen (secondary N) is 1. The molecule has 1 amide bonds. The van der Waals surface area contributed by atoms with Crippen LogP contribution in [0, 0.1) is 5.41 Å². The molecule has 0 aliphatic carbocycles. The molecule has 0 saturated carbocycles. The topological polar surface area (TPSA) is 46.9 Å². The summed E-state index contributed by atoms with van der Waals surface area (Å²) in [7, 11) is 0. The molecule has 2 aromatic carbocycles. The third-order valence-electron chi connectivity index (χ3n) is 4.46. The van der Waals surface area contributed by atoms with E-state index in [0.717, 1.165) is 36.2 Å². The van der Waals surface area contributed by atoms with Gasteiger partial charge in [-0.2, -0.15) is 0 Å². The molecular weight excluding hydrogens is 322 g/mol. The number of amides is 1. The second-order valence-corrected chi connectivity index (χ2v) is 7.70. The average molecular weight is 349 g/mol. The first-order valence-electron chi connectivity index (χ1n) is 9.21. The summed E-state index contributed by atoms with van der Waals surface area (Å²) < 4.78 is 2.29. The van der Waals surface area contributed by atoms with Crippen LogP contribution in [-0.2, 0) is 17.8 Å². The summed E-state index contributed by atoms with van der Waals surface area (Å²) in [6.07, 6.45) is 1.71. The van der Waals surface area contributed by atoms with Crippen molar-refractivity contribution in [1.82, 2.24) is 14.9 Å². The molecule has 3 aromatic rings. The summed E-state index contributed by atoms with van der Waals surface area (Å²) in [6.45, 7) is 7.28. The number of fused-ring (bicyclic) bond motifs is 1. The zero-order valence-corrected chi connectivity index (χ0v) is 15.8. The fourth-order valence-electron chi connectivity index (χ4n) is 2.97. The van der Waals surface area contributed by atoms with E-state index in [1.165, 1.54) is 5.56 Å². The monoisotopic (exact) mass is 349 g/mol. The first-order valence-corrected chi connectivity index (χ1v) is 9.21. The van der Waals surface area contributed by atoms with Crippen LogP contribution in [0.15, 0.2) is 54.6 Å². The Kier molecular flexibility index (Phi) is 5.40. The molecule has 0 fully saturated rings. The highest BCUT2D eigenvalue weighted by atomic mass is 16.2. The lowest BCUT2D eigenvalue weighted by Gasteiger charge is -2.17. The summed E-state index contributed by atoms with van der Waals surface area (Å²) in [4.78, 5) is 16.8. The highest BCUT2D eigenvalue weighted by Gasteiger charge is 2.20. The van der Waals surface area contributed by atoms with E-state index in [-0.39, 0.29) is 11.3 Å². The Morgan fingerprint density at radius 2 is 1.73 bits per heavy atom. The summed E-state index contributed by atoms with van der Waals surface area (Å²) in [6, 6.07) is 18.7. The van der Waals surface area contributed by atoms with Crippen LogP contribution in [0.25, 0.3) is 11.0 Å². The van der Waals surface area contributed by atoms with Gasteiger partial charge in [-0.15, -0.1) is 0 Å². The Bertz CT molecular complexity index is 875. The molecule has 0 aliphatic heterocycles. The molecule has 0 saturated heterocycles. The minimum absolute atomic E-state index is 0.0929. The average Bonchev–Trinajstić information content (AvgIpc) is 2.96. The fourth-order valence-corrected chi connectivity index (χ4v) is 2.97. The number of hydrogen-bond donors (Lipinski definition) is 1. The Morgan fingerprint density at radius 3 is 2.46 bits per heavy atom. The molecule has 0 unspecified atom stereocenters. The zero-order chi connectivity index (χ0) is 18.6. The molecule has 26 heavy (non-hydrogen) atoms. The van der Waals surface area contributed by atoms with Gasteiger partial charge in [-0.25, -0.2) is 4.98 Å². The van der Waals surface area contributed by atoms with E-state index in [1.54, 1.807) is 0 Å². The molecule has 3 rings (SSSR count). The molecule has 1 heterocycles. The quantitative estimate of drug-likeness (QED) is 0.679. The number of carbonyl (C=O) groups is 1. The lowest BCUT2D eigenvalue weighted by atomic mass is 9.96. The normalized spacial score (nSPS) is 11.7. The number of carbonyl (C=O) groups excluding carboxylic acids is 1. The molecule has 136 valence electrons. The number of aryl methyl sites for hydroxylation is 1. The largest absolute Gasteiger partial charge is 0.356 e. The van der Waals surface area contributed by atoms with Crippen LogP contribution < -0.4 is 5.32 Å². The number of aromatic nitrogens is 2. The lowest BCUT2D eigenvalue weighted by molar-refractivity contribution is -0.128. The maximum atomic E-state index is 12.0. The fraction of sp³-hybridized carbons (Fsp3) is 0.364. The first-order chi connectivity index (χ1) is 12.4. The van der Waals surface area contributed by atoms with E-state index < -0.39 is 0 Å². The standard InChI is InChI=1S/C22H27N3O/c1-22(2,3)21(26)23-15-9-14-20-24-18-12-7-8-13-19(18)25(20)16-17-10-5-4-6-11-17/h4-8,10-13H,9,14-16H2,1-3H3,(H,23,26). The summed E-state index contributed by atoms with van der Waals surface area (Å²) >= 11 is 0. The van der Waals surface area contributed by atoms with E-state index in [0.29, 0.717) is 6.54 Å². The predicted octanol–water partition coefficient (Wildman–Crippen LogP) is 4.18. The van der Waals surface area contributed by atoms with Crippen molar-refractivity contribution in [2.24, 2.45) is 5.41 Å². The zero-order valence-electron chi connectivity index (χ0n) is 15.8. The lowest BCUT2D eigenvalue weighted by Crippen LogP contribution is -2.35. The molecule has 1 N–H and O–H groups in total. The molecule has 1 aromatic heterocycles. The number of rotatable bonds is 6. The third kappa shape index (κ3) is 4.31. The van der Waals surface area contributed by atoms with Crippen molar-refractivity contribution in [2.75, 3.05) is 6.54 Å². The van der Waals surface area contributed by atoms with Crippen molar-refractivity contribution < 1.29 is 4.79 Å². The van der Waals surface area contributed by atoms with Crippen LogP contribution in [0.2, 0.25) is 0 Å². The third-order valence-corrected chi connectivity index (χ3v) is 4.46. The Labute approximate surface area is 155 Å².